The van der Waals surface area contributed by atoms with Crippen LogP contribution in [0.4, 0.5) is 0 Å². The lowest BCUT2D eigenvalue weighted by Crippen LogP contribution is -2.41. The Bertz CT molecular complexity index is 647. The van der Waals surface area contributed by atoms with Gasteiger partial charge in [-0.2, -0.15) is 0 Å². The molecule has 0 radical (unpaired) electrons. The van der Waals surface area contributed by atoms with Crippen LogP contribution in [-0.2, 0) is 4.79 Å². The molecule has 0 saturated heterocycles. The second kappa shape index (κ2) is 7.59. The Kier molecular flexibility index (Phi) is 5.27. The first-order valence-corrected chi connectivity index (χ1v) is 8.87. The van der Waals surface area contributed by atoms with Crippen molar-refractivity contribution in [2.24, 2.45) is 5.92 Å². The number of amides is 1. The Labute approximate surface area is 139 Å². The SMILES string of the molecule is C[C@H]1CCCC[C@@H]1NC(=O)CSc1nnc(-c2cccnc2)o1. The molecule has 0 bridgehead atoms. The molecule has 1 aliphatic rings. The maximum atomic E-state index is 12.1. The highest BCUT2D eigenvalue weighted by atomic mass is 32.2. The van der Waals surface area contributed by atoms with Crippen LogP contribution in [0.2, 0.25) is 0 Å². The largest absolute Gasteiger partial charge is 0.411 e. The van der Waals surface area contributed by atoms with Crippen molar-refractivity contribution in [2.75, 3.05) is 5.75 Å². The van der Waals surface area contributed by atoms with Crippen LogP contribution in [0, 0.1) is 5.92 Å². The molecule has 1 amide bonds. The molecule has 122 valence electrons. The maximum Gasteiger partial charge on any atom is 0.277 e. The van der Waals surface area contributed by atoms with Crippen molar-refractivity contribution in [2.45, 2.75) is 43.9 Å². The van der Waals surface area contributed by atoms with Crippen molar-refractivity contribution < 1.29 is 9.21 Å². The maximum absolute atomic E-state index is 12.1. The number of nitrogens with one attached hydrogen (secondary N) is 1. The number of rotatable bonds is 5. The van der Waals surface area contributed by atoms with Crippen LogP contribution >= 0.6 is 11.8 Å². The highest BCUT2D eigenvalue weighted by molar-refractivity contribution is 7.99. The third-order valence-corrected chi connectivity index (χ3v) is 4.92. The minimum absolute atomic E-state index is 0.0230. The van der Waals surface area contributed by atoms with Crippen LogP contribution in [0.25, 0.3) is 11.5 Å². The number of nitrogens with zero attached hydrogens (tertiary/aromatic N) is 3. The second-order valence-corrected chi connectivity index (χ2v) is 6.77. The molecule has 1 aliphatic carbocycles. The summed E-state index contributed by atoms with van der Waals surface area (Å²) in [5.74, 6) is 1.29. The van der Waals surface area contributed by atoms with Gasteiger partial charge in [0.15, 0.2) is 0 Å². The van der Waals surface area contributed by atoms with Gasteiger partial charge in [0.1, 0.15) is 0 Å². The first-order chi connectivity index (χ1) is 11.2. The van der Waals surface area contributed by atoms with E-state index in [2.05, 4.69) is 27.4 Å². The van der Waals surface area contributed by atoms with Crippen molar-refractivity contribution in [3.05, 3.63) is 24.5 Å². The van der Waals surface area contributed by atoms with Gasteiger partial charge in [-0.05, 0) is 30.9 Å². The first-order valence-electron chi connectivity index (χ1n) is 7.88. The third-order valence-electron chi connectivity index (χ3n) is 4.10. The molecule has 6 nitrogen and oxygen atoms in total. The van der Waals surface area contributed by atoms with Crippen LogP contribution < -0.4 is 5.32 Å². The van der Waals surface area contributed by atoms with E-state index in [1.165, 1.54) is 31.0 Å². The van der Waals surface area contributed by atoms with Crippen LogP contribution in [0.15, 0.2) is 34.2 Å². The van der Waals surface area contributed by atoms with E-state index in [1.807, 2.05) is 12.1 Å². The van der Waals surface area contributed by atoms with Gasteiger partial charge in [0, 0.05) is 18.4 Å². The molecule has 2 atom stereocenters. The zero-order valence-electron chi connectivity index (χ0n) is 13.1. The van der Waals surface area contributed by atoms with Gasteiger partial charge in [-0.15, -0.1) is 10.2 Å². The zero-order valence-corrected chi connectivity index (χ0v) is 13.9. The van der Waals surface area contributed by atoms with E-state index >= 15 is 0 Å². The Morgan fingerprint density at radius 3 is 3.04 bits per heavy atom. The molecule has 2 aromatic heterocycles. The molecule has 3 rings (SSSR count). The fraction of sp³-hybridized carbons (Fsp3) is 0.500. The van der Waals surface area contributed by atoms with Gasteiger partial charge in [-0.3, -0.25) is 9.78 Å². The lowest BCUT2D eigenvalue weighted by atomic mass is 9.86. The molecular formula is C16H20N4O2S. The summed E-state index contributed by atoms with van der Waals surface area (Å²) >= 11 is 1.26. The van der Waals surface area contributed by atoms with Crippen LogP contribution in [0.5, 0.6) is 0 Å². The van der Waals surface area contributed by atoms with Gasteiger partial charge < -0.3 is 9.73 Å². The van der Waals surface area contributed by atoms with Crippen molar-refractivity contribution in [3.8, 4) is 11.5 Å². The number of carbonyl (C=O) groups excluding carboxylic acids is 1. The van der Waals surface area contributed by atoms with Crippen molar-refractivity contribution in [1.82, 2.24) is 20.5 Å². The summed E-state index contributed by atoms with van der Waals surface area (Å²) in [6.45, 7) is 2.20. The zero-order chi connectivity index (χ0) is 16.1. The average Bonchev–Trinajstić information content (AvgIpc) is 3.05. The number of hydrogen-bond donors (Lipinski definition) is 1. The predicted molar refractivity (Wildman–Crippen MR) is 87.8 cm³/mol. The molecule has 7 heteroatoms. The normalized spacial score (nSPS) is 21.1. The number of hydrogen-bond acceptors (Lipinski definition) is 6. The van der Waals surface area contributed by atoms with Gasteiger partial charge in [-0.1, -0.05) is 31.5 Å². The van der Waals surface area contributed by atoms with Crippen LogP contribution in [0.1, 0.15) is 32.6 Å². The summed E-state index contributed by atoms with van der Waals surface area (Å²) in [6.07, 6.45) is 8.08. The van der Waals surface area contributed by atoms with Crippen molar-refractivity contribution in [1.29, 1.82) is 0 Å². The molecule has 2 aromatic rings. The molecule has 0 spiro atoms. The summed E-state index contributed by atoms with van der Waals surface area (Å²) in [4.78, 5) is 16.1. The third kappa shape index (κ3) is 4.31. The van der Waals surface area contributed by atoms with Gasteiger partial charge >= 0.3 is 0 Å². The van der Waals surface area contributed by atoms with E-state index in [-0.39, 0.29) is 11.7 Å². The lowest BCUT2D eigenvalue weighted by molar-refractivity contribution is -0.119. The van der Waals surface area contributed by atoms with Crippen LogP contribution in [-0.4, -0.2) is 32.9 Å². The van der Waals surface area contributed by atoms with Gasteiger partial charge in [0.25, 0.3) is 5.22 Å². The summed E-state index contributed by atoms with van der Waals surface area (Å²) in [5.41, 5.74) is 0.771. The van der Waals surface area contributed by atoms with Crippen molar-refractivity contribution >= 4 is 17.7 Å². The molecule has 0 aromatic carbocycles. The van der Waals surface area contributed by atoms with E-state index in [0.717, 1.165) is 12.0 Å². The Hall–Kier alpha value is -1.89. The highest BCUT2D eigenvalue weighted by Gasteiger charge is 2.23. The Morgan fingerprint density at radius 2 is 2.26 bits per heavy atom. The average molecular weight is 332 g/mol. The molecular weight excluding hydrogens is 312 g/mol. The van der Waals surface area contributed by atoms with Gasteiger partial charge in [0.2, 0.25) is 11.8 Å². The quantitative estimate of drug-likeness (QED) is 0.848. The predicted octanol–water partition coefficient (Wildman–Crippen LogP) is 2.92. The van der Waals surface area contributed by atoms with E-state index in [1.54, 1.807) is 12.4 Å². The Morgan fingerprint density at radius 1 is 1.39 bits per heavy atom. The minimum Gasteiger partial charge on any atom is -0.411 e. The Balaban J connectivity index is 1.50. The molecule has 0 aliphatic heterocycles. The minimum atomic E-state index is 0.0230. The van der Waals surface area contributed by atoms with Gasteiger partial charge in [-0.25, -0.2) is 0 Å². The smallest absolute Gasteiger partial charge is 0.277 e. The van der Waals surface area contributed by atoms with E-state index in [4.69, 9.17) is 4.42 Å². The molecule has 1 fully saturated rings. The van der Waals surface area contributed by atoms with E-state index < -0.39 is 0 Å². The first kappa shape index (κ1) is 16.0. The summed E-state index contributed by atoms with van der Waals surface area (Å²) in [5, 5.41) is 11.5. The summed E-state index contributed by atoms with van der Waals surface area (Å²) in [6, 6.07) is 3.96. The number of carbonyl (C=O) groups is 1. The molecule has 0 unspecified atom stereocenters. The standard InChI is InChI=1S/C16H20N4O2S/c1-11-5-2-3-7-13(11)18-14(21)10-23-16-20-19-15(22-16)12-6-4-8-17-9-12/h4,6,8-9,11,13H,2-3,5,7,10H2,1H3,(H,18,21)/t11-,13-/m0/s1. The number of thioether (sulfide) groups is 1. The topological polar surface area (TPSA) is 80.9 Å². The number of aromatic nitrogens is 3. The second-order valence-electron chi connectivity index (χ2n) is 5.84. The number of pyridine rings is 1. The molecule has 1 saturated carbocycles. The fourth-order valence-corrected chi connectivity index (χ4v) is 3.35. The molecule has 2 heterocycles. The van der Waals surface area contributed by atoms with Crippen molar-refractivity contribution in [3.63, 3.8) is 0 Å². The molecule has 23 heavy (non-hydrogen) atoms. The summed E-state index contributed by atoms with van der Waals surface area (Å²) < 4.78 is 5.55. The van der Waals surface area contributed by atoms with E-state index in [0.29, 0.717) is 23.1 Å². The summed E-state index contributed by atoms with van der Waals surface area (Å²) in [7, 11) is 0. The van der Waals surface area contributed by atoms with E-state index in [9.17, 15) is 4.79 Å². The fourth-order valence-electron chi connectivity index (χ4n) is 2.78. The highest BCUT2D eigenvalue weighted by Crippen LogP contribution is 2.25. The lowest BCUT2D eigenvalue weighted by Gasteiger charge is -2.29. The van der Waals surface area contributed by atoms with Gasteiger partial charge in [0.05, 0.1) is 11.3 Å². The molecule has 1 N–H and O–H groups in total. The monoisotopic (exact) mass is 332 g/mol. The van der Waals surface area contributed by atoms with Crippen LogP contribution in [0.3, 0.4) is 0 Å².